The number of aromatic amines is 1. The number of hydrogen-bond acceptors (Lipinski definition) is 4. The Balaban J connectivity index is 1.41. The van der Waals surface area contributed by atoms with E-state index in [9.17, 15) is 4.79 Å². The van der Waals surface area contributed by atoms with Crippen LogP contribution in [0.4, 0.5) is 0 Å². The molecule has 5 aromatic rings. The molecule has 5 rings (SSSR count). The molecule has 3 aromatic carbocycles. The number of imidazole rings is 1. The van der Waals surface area contributed by atoms with E-state index in [1.165, 1.54) is 6.33 Å². The highest BCUT2D eigenvalue weighted by atomic mass is 16.1. The molecule has 0 saturated carbocycles. The number of H-pyrrole nitrogens is 1. The third-order valence-electron chi connectivity index (χ3n) is 5.14. The molecule has 7 nitrogen and oxygen atoms in total. The highest BCUT2D eigenvalue weighted by Crippen LogP contribution is 2.21. The summed E-state index contributed by atoms with van der Waals surface area (Å²) in [4.78, 5) is 25.1. The van der Waals surface area contributed by atoms with E-state index in [2.05, 4.69) is 32.5 Å². The van der Waals surface area contributed by atoms with Crippen LogP contribution < -0.4 is 5.32 Å². The minimum absolute atomic E-state index is 0.161. The lowest BCUT2D eigenvalue weighted by Gasteiger charge is -2.17. The standard InChI is InChI=1S/C24H20N6O/c31-24(18-10-12-19(13-11-18)30-16-25-15-26-30)29-22(14-17-6-2-1-3-7-17)23-27-20-8-4-5-9-21(20)28-23/h1-13,15-16,22H,14H2,(H,27,28)(H,29,31). The van der Waals surface area contributed by atoms with E-state index in [-0.39, 0.29) is 11.9 Å². The number of amides is 1. The number of aromatic nitrogens is 5. The monoisotopic (exact) mass is 408 g/mol. The fraction of sp³-hybridized carbons (Fsp3) is 0.0833. The highest BCUT2D eigenvalue weighted by Gasteiger charge is 2.20. The number of nitrogens with one attached hydrogen (secondary N) is 2. The summed E-state index contributed by atoms with van der Waals surface area (Å²) < 4.78 is 1.65. The molecule has 0 saturated heterocycles. The number of benzene rings is 3. The molecular formula is C24H20N6O. The molecular weight excluding hydrogens is 388 g/mol. The molecule has 0 radical (unpaired) electrons. The van der Waals surface area contributed by atoms with Gasteiger partial charge in [-0.1, -0.05) is 42.5 Å². The summed E-state index contributed by atoms with van der Waals surface area (Å²) in [5.74, 6) is 0.573. The van der Waals surface area contributed by atoms with Gasteiger partial charge in [0, 0.05) is 5.56 Å². The smallest absolute Gasteiger partial charge is 0.251 e. The van der Waals surface area contributed by atoms with Crippen LogP contribution in [0.1, 0.15) is 27.8 Å². The highest BCUT2D eigenvalue weighted by molar-refractivity contribution is 5.94. The predicted octanol–water partition coefficient (Wildman–Crippen LogP) is 3.86. The van der Waals surface area contributed by atoms with Crippen molar-refractivity contribution in [3.8, 4) is 5.69 Å². The van der Waals surface area contributed by atoms with E-state index in [1.54, 1.807) is 23.1 Å². The molecule has 152 valence electrons. The number of rotatable bonds is 6. The van der Waals surface area contributed by atoms with E-state index in [4.69, 9.17) is 4.98 Å². The Morgan fingerprint density at radius 1 is 0.968 bits per heavy atom. The maximum atomic E-state index is 13.0. The molecule has 7 heteroatoms. The molecule has 0 bridgehead atoms. The van der Waals surface area contributed by atoms with Crippen LogP contribution in [-0.2, 0) is 6.42 Å². The van der Waals surface area contributed by atoms with Crippen molar-refractivity contribution in [2.24, 2.45) is 0 Å². The van der Waals surface area contributed by atoms with Gasteiger partial charge in [-0.2, -0.15) is 5.10 Å². The minimum Gasteiger partial charge on any atom is -0.342 e. The second-order valence-electron chi connectivity index (χ2n) is 7.24. The van der Waals surface area contributed by atoms with Gasteiger partial charge in [0.2, 0.25) is 0 Å². The van der Waals surface area contributed by atoms with Crippen LogP contribution in [-0.4, -0.2) is 30.6 Å². The Bertz CT molecular complexity index is 1260. The molecule has 0 aliphatic rings. The fourth-order valence-corrected chi connectivity index (χ4v) is 3.55. The van der Waals surface area contributed by atoms with Crippen LogP contribution in [0.2, 0.25) is 0 Å². The van der Waals surface area contributed by atoms with Gasteiger partial charge >= 0.3 is 0 Å². The fourth-order valence-electron chi connectivity index (χ4n) is 3.55. The van der Waals surface area contributed by atoms with Gasteiger partial charge in [-0.15, -0.1) is 0 Å². The summed E-state index contributed by atoms with van der Waals surface area (Å²) in [6.45, 7) is 0. The summed E-state index contributed by atoms with van der Waals surface area (Å²) in [5.41, 5.74) is 4.35. The van der Waals surface area contributed by atoms with E-state index in [0.717, 1.165) is 28.1 Å². The number of carbonyl (C=O) groups is 1. The Morgan fingerprint density at radius 2 is 1.74 bits per heavy atom. The molecule has 1 amide bonds. The summed E-state index contributed by atoms with van der Waals surface area (Å²) in [6.07, 6.45) is 3.72. The Kier molecular flexibility index (Phi) is 4.98. The minimum atomic E-state index is -0.294. The van der Waals surface area contributed by atoms with Gasteiger partial charge in [-0.25, -0.2) is 14.6 Å². The molecule has 0 fully saturated rings. The number of hydrogen-bond donors (Lipinski definition) is 2. The van der Waals surface area contributed by atoms with Gasteiger partial charge < -0.3 is 10.3 Å². The number of carbonyl (C=O) groups excluding carboxylic acids is 1. The second kappa shape index (κ2) is 8.23. The average Bonchev–Trinajstić information content (AvgIpc) is 3.49. The van der Waals surface area contributed by atoms with E-state index in [0.29, 0.717) is 12.0 Å². The molecule has 0 aliphatic carbocycles. The first-order chi connectivity index (χ1) is 15.3. The third kappa shape index (κ3) is 4.06. The van der Waals surface area contributed by atoms with Crippen LogP contribution in [0.3, 0.4) is 0 Å². The van der Waals surface area contributed by atoms with Crippen molar-refractivity contribution < 1.29 is 4.79 Å². The zero-order valence-electron chi connectivity index (χ0n) is 16.6. The van der Waals surface area contributed by atoms with Crippen LogP contribution in [0.5, 0.6) is 0 Å². The van der Waals surface area contributed by atoms with Gasteiger partial charge in [0.15, 0.2) is 0 Å². The molecule has 2 aromatic heterocycles. The quantitative estimate of drug-likeness (QED) is 0.447. The van der Waals surface area contributed by atoms with Gasteiger partial charge in [-0.05, 0) is 48.4 Å². The Hall–Kier alpha value is -4.26. The lowest BCUT2D eigenvalue weighted by atomic mass is 10.0. The molecule has 1 unspecified atom stereocenters. The number of nitrogens with zero attached hydrogens (tertiary/aromatic N) is 4. The molecule has 2 heterocycles. The zero-order valence-corrected chi connectivity index (χ0v) is 16.6. The van der Waals surface area contributed by atoms with Crippen LogP contribution in [0.15, 0.2) is 91.5 Å². The summed E-state index contributed by atoms with van der Waals surface area (Å²) in [7, 11) is 0. The second-order valence-corrected chi connectivity index (χ2v) is 7.24. The summed E-state index contributed by atoms with van der Waals surface area (Å²) >= 11 is 0. The Morgan fingerprint density at radius 3 is 2.48 bits per heavy atom. The van der Waals surface area contributed by atoms with Crippen molar-refractivity contribution in [2.45, 2.75) is 12.5 Å². The first-order valence-electron chi connectivity index (χ1n) is 10.0. The van der Waals surface area contributed by atoms with Gasteiger partial charge in [0.25, 0.3) is 5.91 Å². The van der Waals surface area contributed by atoms with Crippen molar-refractivity contribution in [2.75, 3.05) is 0 Å². The predicted molar refractivity (Wildman–Crippen MR) is 118 cm³/mol. The number of para-hydroxylation sites is 2. The first-order valence-corrected chi connectivity index (χ1v) is 10.0. The van der Waals surface area contributed by atoms with Gasteiger partial charge in [0.1, 0.15) is 18.5 Å². The van der Waals surface area contributed by atoms with E-state index >= 15 is 0 Å². The maximum absolute atomic E-state index is 13.0. The normalized spacial score (nSPS) is 12.0. The zero-order chi connectivity index (χ0) is 21.0. The lowest BCUT2D eigenvalue weighted by Crippen LogP contribution is -2.30. The molecule has 0 aliphatic heterocycles. The van der Waals surface area contributed by atoms with E-state index in [1.807, 2.05) is 54.6 Å². The summed E-state index contributed by atoms with van der Waals surface area (Å²) in [5, 5.41) is 7.26. The average molecular weight is 408 g/mol. The van der Waals surface area contributed by atoms with Crippen molar-refractivity contribution in [1.82, 2.24) is 30.0 Å². The number of fused-ring (bicyclic) bond motifs is 1. The molecule has 1 atom stereocenters. The van der Waals surface area contributed by atoms with E-state index < -0.39 is 0 Å². The first kappa shape index (κ1) is 18.7. The molecule has 0 spiro atoms. The van der Waals surface area contributed by atoms with Crippen molar-refractivity contribution in [3.63, 3.8) is 0 Å². The van der Waals surface area contributed by atoms with Crippen LogP contribution in [0, 0.1) is 0 Å². The van der Waals surface area contributed by atoms with Crippen LogP contribution >= 0.6 is 0 Å². The van der Waals surface area contributed by atoms with Crippen molar-refractivity contribution in [1.29, 1.82) is 0 Å². The van der Waals surface area contributed by atoms with Crippen LogP contribution in [0.25, 0.3) is 16.7 Å². The maximum Gasteiger partial charge on any atom is 0.251 e. The Labute approximate surface area is 178 Å². The van der Waals surface area contributed by atoms with Gasteiger partial charge in [-0.3, -0.25) is 4.79 Å². The SMILES string of the molecule is O=C(NC(Cc1ccccc1)c1nc2ccccc2[nH]1)c1ccc(-n2cncn2)cc1. The molecule has 2 N–H and O–H groups in total. The van der Waals surface area contributed by atoms with Gasteiger partial charge in [0.05, 0.1) is 22.8 Å². The summed E-state index contributed by atoms with van der Waals surface area (Å²) in [6, 6.07) is 24.9. The molecule has 31 heavy (non-hydrogen) atoms. The third-order valence-corrected chi connectivity index (χ3v) is 5.14. The van der Waals surface area contributed by atoms with Crippen molar-refractivity contribution in [3.05, 3.63) is 108 Å². The lowest BCUT2D eigenvalue weighted by molar-refractivity contribution is 0.0935. The largest absolute Gasteiger partial charge is 0.342 e. The van der Waals surface area contributed by atoms with Crippen molar-refractivity contribution >= 4 is 16.9 Å². The topological polar surface area (TPSA) is 88.5 Å².